The third-order valence-corrected chi connectivity index (χ3v) is 5.24. The zero-order valence-corrected chi connectivity index (χ0v) is 14.2. The zero-order chi connectivity index (χ0) is 17.4. The Morgan fingerprint density at radius 2 is 2.04 bits per heavy atom. The van der Waals surface area contributed by atoms with E-state index in [1.54, 1.807) is 29.8 Å². The van der Waals surface area contributed by atoms with Crippen molar-refractivity contribution in [3.05, 3.63) is 47.2 Å². The monoisotopic (exact) mass is 347 g/mol. The fourth-order valence-corrected chi connectivity index (χ4v) is 3.70. The molecule has 1 atom stereocenters. The summed E-state index contributed by atoms with van der Waals surface area (Å²) in [5.41, 5.74) is -0.905. The van der Waals surface area contributed by atoms with Gasteiger partial charge >= 0.3 is 0 Å². The molecule has 0 saturated heterocycles. The lowest BCUT2D eigenvalue weighted by Crippen LogP contribution is -2.42. The number of halogens is 1. The van der Waals surface area contributed by atoms with E-state index in [1.807, 2.05) is 13.8 Å². The minimum absolute atomic E-state index is 0.176. The van der Waals surface area contributed by atoms with E-state index < -0.39 is 11.2 Å². The van der Waals surface area contributed by atoms with E-state index in [9.17, 15) is 14.0 Å². The summed E-state index contributed by atoms with van der Waals surface area (Å²) in [5.74, 6) is -1.09. The maximum atomic E-state index is 14.2. The first-order chi connectivity index (χ1) is 11.4. The predicted molar refractivity (Wildman–Crippen MR) is 90.2 cm³/mol. The summed E-state index contributed by atoms with van der Waals surface area (Å²) in [6.45, 7) is 3.67. The first kappa shape index (κ1) is 16.6. The normalized spacial score (nSPS) is 21.1. The molecule has 0 bridgehead atoms. The van der Waals surface area contributed by atoms with Crippen LogP contribution in [-0.4, -0.2) is 23.3 Å². The molecule has 5 nitrogen and oxygen atoms in total. The van der Waals surface area contributed by atoms with E-state index in [-0.39, 0.29) is 23.8 Å². The van der Waals surface area contributed by atoms with Crippen LogP contribution in [0.15, 0.2) is 35.8 Å². The summed E-state index contributed by atoms with van der Waals surface area (Å²) < 4.78 is 14.2. The number of nitrogens with one attached hydrogen (secondary N) is 2. The Morgan fingerprint density at radius 1 is 1.33 bits per heavy atom. The van der Waals surface area contributed by atoms with Gasteiger partial charge in [-0.05, 0) is 17.9 Å². The van der Waals surface area contributed by atoms with Crippen molar-refractivity contribution in [1.29, 1.82) is 0 Å². The number of hydrogen-bond acceptors (Lipinski definition) is 4. The van der Waals surface area contributed by atoms with Crippen molar-refractivity contribution in [2.45, 2.75) is 25.7 Å². The Labute approximate surface area is 143 Å². The summed E-state index contributed by atoms with van der Waals surface area (Å²) >= 11 is 1.30. The van der Waals surface area contributed by atoms with Crippen LogP contribution < -0.4 is 10.6 Å². The highest BCUT2D eigenvalue weighted by atomic mass is 32.1. The quantitative estimate of drug-likeness (QED) is 0.874. The first-order valence-electron chi connectivity index (χ1n) is 7.59. The molecular formula is C17H18FN3O2S. The Hall–Kier alpha value is -2.28. The summed E-state index contributed by atoms with van der Waals surface area (Å²) in [6, 6.07) is 6.31. The van der Waals surface area contributed by atoms with Gasteiger partial charge in [-0.1, -0.05) is 32.0 Å². The maximum absolute atomic E-state index is 14.2. The van der Waals surface area contributed by atoms with Gasteiger partial charge in [0.1, 0.15) is 5.82 Å². The van der Waals surface area contributed by atoms with Crippen LogP contribution in [0.3, 0.4) is 0 Å². The number of aromatic nitrogens is 1. The molecule has 1 fully saturated rings. The lowest BCUT2D eigenvalue weighted by Gasteiger charge is -2.21. The Bertz CT molecular complexity index is 776. The minimum atomic E-state index is -0.931. The number of anilines is 1. The summed E-state index contributed by atoms with van der Waals surface area (Å²) in [7, 11) is 0. The van der Waals surface area contributed by atoms with Crippen LogP contribution in [0.1, 0.15) is 25.8 Å². The average Bonchev–Trinajstić information content (AvgIpc) is 2.86. The Kier molecular flexibility index (Phi) is 4.13. The van der Waals surface area contributed by atoms with Crippen molar-refractivity contribution in [2.24, 2.45) is 5.41 Å². The van der Waals surface area contributed by atoms with E-state index in [0.29, 0.717) is 17.1 Å². The molecule has 0 spiro atoms. The van der Waals surface area contributed by atoms with Crippen LogP contribution >= 0.6 is 11.3 Å². The number of amides is 2. The van der Waals surface area contributed by atoms with Crippen molar-refractivity contribution in [3.8, 4) is 0 Å². The molecule has 126 valence electrons. The van der Waals surface area contributed by atoms with Gasteiger partial charge in [-0.15, -0.1) is 11.3 Å². The number of carbonyl (C=O) groups excluding carboxylic acids is 2. The topological polar surface area (TPSA) is 71.1 Å². The molecule has 1 unspecified atom stereocenters. The van der Waals surface area contributed by atoms with E-state index in [4.69, 9.17) is 0 Å². The number of carbonyl (C=O) groups is 2. The van der Waals surface area contributed by atoms with Crippen molar-refractivity contribution in [2.75, 3.05) is 11.9 Å². The van der Waals surface area contributed by atoms with Gasteiger partial charge in [0.15, 0.2) is 5.13 Å². The second-order valence-electron chi connectivity index (χ2n) is 6.51. The van der Waals surface area contributed by atoms with Crippen LogP contribution in [0, 0.1) is 11.2 Å². The molecule has 1 aliphatic rings. The van der Waals surface area contributed by atoms with E-state index in [2.05, 4.69) is 15.6 Å². The third kappa shape index (κ3) is 2.80. The molecule has 24 heavy (non-hydrogen) atoms. The number of thiazole rings is 1. The van der Waals surface area contributed by atoms with Gasteiger partial charge in [-0.25, -0.2) is 9.37 Å². The SMILES string of the molecule is CC1(C)CC1(C(=O)NCC(=O)Nc1nccs1)c1ccccc1F. The molecule has 1 heterocycles. The summed E-state index contributed by atoms with van der Waals surface area (Å²) in [6.07, 6.45) is 2.12. The van der Waals surface area contributed by atoms with E-state index >= 15 is 0 Å². The Morgan fingerprint density at radius 3 is 2.62 bits per heavy atom. The molecule has 1 saturated carbocycles. The van der Waals surface area contributed by atoms with Crippen LogP contribution in [0.25, 0.3) is 0 Å². The first-order valence-corrected chi connectivity index (χ1v) is 8.47. The van der Waals surface area contributed by atoms with Crippen molar-refractivity contribution < 1.29 is 14.0 Å². The zero-order valence-electron chi connectivity index (χ0n) is 13.4. The van der Waals surface area contributed by atoms with Gasteiger partial charge in [0.25, 0.3) is 0 Å². The van der Waals surface area contributed by atoms with Crippen molar-refractivity contribution >= 4 is 28.3 Å². The number of nitrogens with zero attached hydrogens (tertiary/aromatic N) is 1. The molecule has 1 aromatic carbocycles. The predicted octanol–water partition coefficient (Wildman–Crippen LogP) is 2.70. The van der Waals surface area contributed by atoms with Crippen LogP contribution in [0.4, 0.5) is 9.52 Å². The van der Waals surface area contributed by atoms with E-state index in [0.717, 1.165) is 0 Å². The van der Waals surface area contributed by atoms with Gasteiger partial charge in [0, 0.05) is 17.1 Å². The highest BCUT2D eigenvalue weighted by Gasteiger charge is 2.67. The molecule has 1 aliphatic carbocycles. The molecule has 1 aromatic heterocycles. The summed E-state index contributed by atoms with van der Waals surface area (Å²) in [5, 5.41) is 7.46. The second kappa shape index (κ2) is 5.98. The smallest absolute Gasteiger partial charge is 0.245 e. The van der Waals surface area contributed by atoms with Gasteiger partial charge in [0.2, 0.25) is 11.8 Å². The number of hydrogen-bond donors (Lipinski definition) is 2. The van der Waals surface area contributed by atoms with Crippen LogP contribution in [-0.2, 0) is 15.0 Å². The molecule has 2 aromatic rings. The van der Waals surface area contributed by atoms with Gasteiger partial charge in [-0.2, -0.15) is 0 Å². The van der Waals surface area contributed by atoms with Crippen molar-refractivity contribution in [3.63, 3.8) is 0 Å². The lowest BCUT2D eigenvalue weighted by atomic mass is 9.86. The number of benzene rings is 1. The average molecular weight is 347 g/mol. The van der Waals surface area contributed by atoms with Gasteiger partial charge in [0.05, 0.1) is 12.0 Å². The maximum Gasteiger partial charge on any atom is 0.245 e. The molecule has 2 N–H and O–H groups in total. The number of rotatable bonds is 5. The van der Waals surface area contributed by atoms with Crippen LogP contribution in [0.5, 0.6) is 0 Å². The highest BCUT2D eigenvalue weighted by molar-refractivity contribution is 7.13. The highest BCUT2D eigenvalue weighted by Crippen LogP contribution is 2.64. The lowest BCUT2D eigenvalue weighted by molar-refractivity contribution is -0.126. The standard InChI is InChI=1S/C17H18FN3O2S/c1-16(2)10-17(16,11-5-3-4-6-12(11)18)14(23)20-9-13(22)21-15-19-7-8-24-15/h3-8H,9-10H2,1-2H3,(H,20,23)(H,19,21,22). The molecule has 0 radical (unpaired) electrons. The van der Waals surface area contributed by atoms with Crippen molar-refractivity contribution in [1.82, 2.24) is 10.3 Å². The third-order valence-electron chi connectivity index (χ3n) is 4.55. The summed E-state index contributed by atoms with van der Waals surface area (Å²) in [4.78, 5) is 28.6. The molecule has 0 aliphatic heterocycles. The van der Waals surface area contributed by atoms with E-state index in [1.165, 1.54) is 17.4 Å². The fraction of sp³-hybridized carbons (Fsp3) is 0.353. The second-order valence-corrected chi connectivity index (χ2v) is 7.41. The molecule has 7 heteroatoms. The van der Waals surface area contributed by atoms with Gasteiger partial charge < -0.3 is 10.6 Å². The largest absolute Gasteiger partial charge is 0.346 e. The fourth-order valence-electron chi connectivity index (χ4n) is 3.16. The van der Waals surface area contributed by atoms with Gasteiger partial charge in [-0.3, -0.25) is 9.59 Å². The molecular weight excluding hydrogens is 329 g/mol. The Balaban J connectivity index is 1.71. The molecule has 3 rings (SSSR count). The minimum Gasteiger partial charge on any atom is -0.346 e. The van der Waals surface area contributed by atoms with Crippen LogP contribution in [0.2, 0.25) is 0 Å². The molecule has 2 amide bonds.